The molecule has 1 amide bonds. The standard InChI is InChI=1S/C18H26N6O3/c1-23(18(25)16-6-4-5-12(16)10-19)11-17-20-21-22-24(17)13-7-14(26-2)9-15(8-13)27-3/h7-9,12,16H,4-6,10-11,19H2,1-3H3/t12-,16-/m1/s1. The predicted molar refractivity (Wildman–Crippen MR) is 98.6 cm³/mol. The van der Waals surface area contributed by atoms with Crippen LogP contribution in [0.5, 0.6) is 11.5 Å². The van der Waals surface area contributed by atoms with Crippen molar-refractivity contribution in [2.75, 3.05) is 27.8 Å². The van der Waals surface area contributed by atoms with Crippen molar-refractivity contribution < 1.29 is 14.3 Å². The maximum atomic E-state index is 12.8. The number of amides is 1. The molecule has 0 saturated heterocycles. The van der Waals surface area contributed by atoms with Crippen molar-refractivity contribution in [1.82, 2.24) is 25.1 Å². The van der Waals surface area contributed by atoms with Crippen LogP contribution >= 0.6 is 0 Å². The minimum absolute atomic E-state index is 0.0127. The molecule has 1 aromatic heterocycles. The number of ether oxygens (including phenoxy) is 2. The Labute approximate surface area is 158 Å². The first-order valence-corrected chi connectivity index (χ1v) is 9.03. The van der Waals surface area contributed by atoms with Crippen LogP contribution in [0, 0.1) is 11.8 Å². The molecule has 1 aliphatic rings. The van der Waals surface area contributed by atoms with E-state index < -0.39 is 0 Å². The summed E-state index contributed by atoms with van der Waals surface area (Å²) in [5.74, 6) is 2.17. The Morgan fingerprint density at radius 3 is 2.59 bits per heavy atom. The number of rotatable bonds is 7. The van der Waals surface area contributed by atoms with E-state index in [-0.39, 0.29) is 17.7 Å². The molecule has 3 rings (SSSR count). The second-order valence-electron chi connectivity index (χ2n) is 6.81. The Morgan fingerprint density at radius 2 is 1.96 bits per heavy atom. The topological polar surface area (TPSA) is 108 Å². The maximum Gasteiger partial charge on any atom is 0.226 e. The highest BCUT2D eigenvalue weighted by Gasteiger charge is 2.34. The molecule has 0 aliphatic heterocycles. The fourth-order valence-corrected chi connectivity index (χ4v) is 3.64. The van der Waals surface area contributed by atoms with Crippen molar-refractivity contribution in [3.05, 3.63) is 24.0 Å². The zero-order valence-corrected chi connectivity index (χ0v) is 16.0. The number of carbonyl (C=O) groups is 1. The molecular weight excluding hydrogens is 348 g/mol. The van der Waals surface area contributed by atoms with Crippen molar-refractivity contribution >= 4 is 5.91 Å². The Hall–Kier alpha value is -2.68. The van der Waals surface area contributed by atoms with Crippen molar-refractivity contribution in [2.24, 2.45) is 17.6 Å². The SMILES string of the molecule is COc1cc(OC)cc(-n2nnnc2CN(C)C(=O)[C@@H]2CCC[C@@H]2CN)c1. The monoisotopic (exact) mass is 374 g/mol. The summed E-state index contributed by atoms with van der Waals surface area (Å²) in [5.41, 5.74) is 6.52. The Balaban J connectivity index is 1.80. The molecular formula is C18H26N6O3. The van der Waals surface area contributed by atoms with Crippen LogP contribution < -0.4 is 15.2 Å². The zero-order chi connectivity index (χ0) is 19.4. The summed E-state index contributed by atoms with van der Waals surface area (Å²) in [5, 5.41) is 11.9. The summed E-state index contributed by atoms with van der Waals surface area (Å²) in [6.45, 7) is 0.852. The van der Waals surface area contributed by atoms with Crippen LogP contribution in [0.2, 0.25) is 0 Å². The van der Waals surface area contributed by atoms with Crippen LogP contribution in [0.1, 0.15) is 25.1 Å². The van der Waals surface area contributed by atoms with E-state index in [0.29, 0.717) is 36.1 Å². The van der Waals surface area contributed by atoms with Gasteiger partial charge in [0, 0.05) is 31.2 Å². The predicted octanol–water partition coefficient (Wildman–Crippen LogP) is 1.01. The third kappa shape index (κ3) is 4.02. The highest BCUT2D eigenvalue weighted by Crippen LogP contribution is 2.32. The van der Waals surface area contributed by atoms with Gasteiger partial charge in [-0.1, -0.05) is 6.42 Å². The number of nitrogens with two attached hydrogens (primary N) is 1. The summed E-state index contributed by atoms with van der Waals surface area (Å²) in [4.78, 5) is 14.5. The molecule has 146 valence electrons. The quantitative estimate of drug-likeness (QED) is 0.770. The van der Waals surface area contributed by atoms with Crippen molar-refractivity contribution in [2.45, 2.75) is 25.8 Å². The highest BCUT2D eigenvalue weighted by atomic mass is 16.5. The number of carbonyl (C=O) groups excluding carboxylic acids is 1. The Bertz CT molecular complexity index is 771. The van der Waals surface area contributed by atoms with Gasteiger partial charge in [0.05, 0.1) is 26.5 Å². The van der Waals surface area contributed by atoms with E-state index in [1.54, 1.807) is 36.9 Å². The van der Waals surface area contributed by atoms with Crippen molar-refractivity contribution in [1.29, 1.82) is 0 Å². The molecule has 2 N–H and O–H groups in total. The Kier molecular flexibility index (Phi) is 5.90. The van der Waals surface area contributed by atoms with Crippen LogP contribution in [-0.4, -0.2) is 58.8 Å². The summed E-state index contributed by atoms with van der Waals surface area (Å²) in [7, 11) is 4.95. The van der Waals surface area contributed by atoms with Gasteiger partial charge in [0.1, 0.15) is 11.5 Å². The van der Waals surface area contributed by atoms with Gasteiger partial charge in [0.15, 0.2) is 5.82 Å². The lowest BCUT2D eigenvalue weighted by Crippen LogP contribution is -2.36. The summed E-state index contributed by atoms with van der Waals surface area (Å²) in [6.07, 6.45) is 2.96. The largest absolute Gasteiger partial charge is 0.497 e. The summed E-state index contributed by atoms with van der Waals surface area (Å²) < 4.78 is 12.2. The summed E-state index contributed by atoms with van der Waals surface area (Å²) in [6, 6.07) is 5.40. The smallest absolute Gasteiger partial charge is 0.226 e. The molecule has 1 heterocycles. The van der Waals surface area contributed by atoms with Gasteiger partial charge >= 0.3 is 0 Å². The number of hydrogen-bond acceptors (Lipinski definition) is 7. The minimum atomic E-state index is -0.0127. The number of benzene rings is 1. The molecule has 2 atom stereocenters. The third-order valence-corrected chi connectivity index (χ3v) is 5.15. The van der Waals surface area contributed by atoms with Crippen LogP contribution in [0.25, 0.3) is 5.69 Å². The number of methoxy groups -OCH3 is 2. The number of tetrazole rings is 1. The van der Waals surface area contributed by atoms with E-state index in [1.807, 2.05) is 12.1 Å². The second kappa shape index (κ2) is 8.34. The average Bonchev–Trinajstić information content (AvgIpc) is 3.35. The van der Waals surface area contributed by atoms with Gasteiger partial charge in [-0.15, -0.1) is 5.10 Å². The molecule has 27 heavy (non-hydrogen) atoms. The molecule has 9 heteroatoms. The third-order valence-electron chi connectivity index (χ3n) is 5.15. The van der Waals surface area contributed by atoms with Gasteiger partial charge in [0.2, 0.25) is 5.91 Å². The van der Waals surface area contributed by atoms with Crippen LogP contribution in [0.15, 0.2) is 18.2 Å². The highest BCUT2D eigenvalue weighted by molar-refractivity contribution is 5.79. The number of aromatic nitrogens is 4. The van der Waals surface area contributed by atoms with E-state index in [4.69, 9.17) is 15.2 Å². The van der Waals surface area contributed by atoms with E-state index in [9.17, 15) is 4.79 Å². The molecule has 1 aromatic carbocycles. The lowest BCUT2D eigenvalue weighted by Gasteiger charge is -2.24. The normalized spacial score (nSPS) is 19.1. The van der Waals surface area contributed by atoms with Crippen LogP contribution in [0.4, 0.5) is 0 Å². The van der Waals surface area contributed by atoms with Gasteiger partial charge in [-0.3, -0.25) is 4.79 Å². The van der Waals surface area contributed by atoms with Gasteiger partial charge in [0.25, 0.3) is 0 Å². The van der Waals surface area contributed by atoms with Gasteiger partial charge in [-0.25, -0.2) is 0 Å². The molecule has 1 fully saturated rings. The van der Waals surface area contributed by atoms with Crippen LogP contribution in [-0.2, 0) is 11.3 Å². The fourth-order valence-electron chi connectivity index (χ4n) is 3.64. The molecule has 2 aromatic rings. The molecule has 0 radical (unpaired) electrons. The van der Waals surface area contributed by atoms with E-state index in [2.05, 4.69) is 15.5 Å². The number of nitrogens with zero attached hydrogens (tertiary/aromatic N) is 5. The first kappa shape index (κ1) is 19.1. The maximum absolute atomic E-state index is 12.8. The van der Waals surface area contributed by atoms with Crippen LogP contribution in [0.3, 0.4) is 0 Å². The first-order chi connectivity index (χ1) is 13.1. The summed E-state index contributed by atoms with van der Waals surface area (Å²) >= 11 is 0. The minimum Gasteiger partial charge on any atom is -0.497 e. The molecule has 1 saturated carbocycles. The zero-order valence-electron chi connectivity index (χ0n) is 16.0. The lowest BCUT2D eigenvalue weighted by atomic mass is 9.95. The molecule has 9 nitrogen and oxygen atoms in total. The molecule has 0 spiro atoms. The molecule has 0 unspecified atom stereocenters. The average molecular weight is 374 g/mol. The lowest BCUT2D eigenvalue weighted by molar-refractivity contribution is -0.135. The van der Waals surface area contributed by atoms with Crippen molar-refractivity contribution in [3.63, 3.8) is 0 Å². The van der Waals surface area contributed by atoms with Gasteiger partial charge in [-0.2, -0.15) is 4.68 Å². The van der Waals surface area contributed by atoms with Gasteiger partial charge in [-0.05, 0) is 35.7 Å². The van der Waals surface area contributed by atoms with Gasteiger partial charge < -0.3 is 20.1 Å². The Morgan fingerprint density at radius 1 is 1.26 bits per heavy atom. The second-order valence-corrected chi connectivity index (χ2v) is 6.81. The molecule has 1 aliphatic carbocycles. The fraction of sp³-hybridized carbons (Fsp3) is 0.556. The van der Waals surface area contributed by atoms with Crippen molar-refractivity contribution in [3.8, 4) is 17.2 Å². The van der Waals surface area contributed by atoms with E-state index >= 15 is 0 Å². The van der Waals surface area contributed by atoms with E-state index in [0.717, 1.165) is 19.3 Å². The van der Waals surface area contributed by atoms with E-state index in [1.165, 1.54) is 0 Å². The number of hydrogen-bond donors (Lipinski definition) is 1. The first-order valence-electron chi connectivity index (χ1n) is 9.03. The molecule has 0 bridgehead atoms.